The Kier molecular flexibility index (Phi) is 3.88. The molecule has 0 fully saturated rings. The van der Waals surface area contributed by atoms with Gasteiger partial charge in [0.25, 0.3) is 0 Å². The van der Waals surface area contributed by atoms with Crippen LogP contribution in [0.25, 0.3) is 0 Å². The van der Waals surface area contributed by atoms with Gasteiger partial charge in [-0.1, -0.05) is 40.7 Å². The quantitative estimate of drug-likeness (QED) is 0.842. The summed E-state index contributed by atoms with van der Waals surface area (Å²) in [6, 6.07) is 5.52. The summed E-state index contributed by atoms with van der Waals surface area (Å²) in [5, 5.41) is 18.8. The zero-order valence-electron chi connectivity index (χ0n) is 11.5. The molecule has 0 heterocycles. The van der Waals surface area contributed by atoms with Crippen molar-refractivity contribution in [3.8, 4) is 5.75 Å². The van der Waals surface area contributed by atoms with E-state index in [1.165, 1.54) is 0 Å². The van der Waals surface area contributed by atoms with Crippen molar-refractivity contribution in [2.45, 2.75) is 53.1 Å². The van der Waals surface area contributed by atoms with Crippen LogP contribution in [0.3, 0.4) is 0 Å². The van der Waals surface area contributed by atoms with Crippen LogP contribution in [-0.2, 0) is 12.0 Å². The molecule has 1 aromatic rings. The highest BCUT2D eigenvalue weighted by Crippen LogP contribution is 2.37. The van der Waals surface area contributed by atoms with Gasteiger partial charge in [-0.2, -0.15) is 0 Å². The van der Waals surface area contributed by atoms with E-state index in [1.807, 2.05) is 12.1 Å². The Morgan fingerprint density at radius 1 is 1.06 bits per heavy atom. The SMILES string of the molecule is CC(C)(C)CC(C)(C)c1ccc(O)c(CO)c1. The van der Waals surface area contributed by atoms with Crippen LogP contribution in [0.1, 0.15) is 52.2 Å². The second-order valence-corrected chi connectivity index (χ2v) is 6.62. The standard InChI is InChI=1S/C15H24O2/c1-14(2,3)10-15(4,5)12-6-7-13(17)11(8-12)9-16/h6-8,16-17H,9-10H2,1-5H3. The minimum Gasteiger partial charge on any atom is -0.508 e. The molecule has 0 atom stereocenters. The van der Waals surface area contributed by atoms with Gasteiger partial charge in [0.2, 0.25) is 0 Å². The molecule has 1 aromatic carbocycles. The summed E-state index contributed by atoms with van der Waals surface area (Å²) in [5.41, 5.74) is 2.05. The zero-order chi connectivity index (χ0) is 13.3. The van der Waals surface area contributed by atoms with Gasteiger partial charge in [0.1, 0.15) is 5.75 Å². The van der Waals surface area contributed by atoms with Gasteiger partial charge < -0.3 is 10.2 Å². The molecular formula is C15H24O2. The average molecular weight is 236 g/mol. The lowest BCUT2D eigenvalue weighted by Gasteiger charge is -2.33. The summed E-state index contributed by atoms with van der Waals surface area (Å²) in [4.78, 5) is 0. The predicted molar refractivity (Wildman–Crippen MR) is 71.1 cm³/mol. The van der Waals surface area contributed by atoms with Crippen molar-refractivity contribution in [2.75, 3.05) is 0 Å². The van der Waals surface area contributed by atoms with Crippen molar-refractivity contribution < 1.29 is 10.2 Å². The molecule has 2 heteroatoms. The Bertz CT molecular complexity index is 386. The first-order valence-corrected chi connectivity index (χ1v) is 6.09. The van der Waals surface area contributed by atoms with E-state index < -0.39 is 0 Å². The molecule has 0 unspecified atom stereocenters. The number of hydrogen-bond donors (Lipinski definition) is 2. The molecule has 0 aliphatic heterocycles. The summed E-state index contributed by atoms with van der Waals surface area (Å²) in [6.45, 7) is 11.0. The van der Waals surface area contributed by atoms with Crippen LogP contribution in [-0.4, -0.2) is 10.2 Å². The van der Waals surface area contributed by atoms with E-state index in [9.17, 15) is 10.2 Å². The van der Waals surface area contributed by atoms with Gasteiger partial charge in [0.05, 0.1) is 6.61 Å². The summed E-state index contributed by atoms with van der Waals surface area (Å²) >= 11 is 0. The second kappa shape index (κ2) is 4.69. The maximum absolute atomic E-state index is 9.57. The van der Waals surface area contributed by atoms with Gasteiger partial charge in [-0.25, -0.2) is 0 Å². The van der Waals surface area contributed by atoms with E-state index in [-0.39, 0.29) is 23.2 Å². The molecule has 0 saturated heterocycles. The summed E-state index contributed by atoms with van der Waals surface area (Å²) in [7, 11) is 0. The maximum Gasteiger partial charge on any atom is 0.121 e. The molecule has 0 aromatic heterocycles. The second-order valence-electron chi connectivity index (χ2n) is 6.62. The van der Waals surface area contributed by atoms with E-state index >= 15 is 0 Å². The van der Waals surface area contributed by atoms with Crippen LogP contribution in [0, 0.1) is 5.41 Å². The van der Waals surface area contributed by atoms with Gasteiger partial charge in [-0.05, 0) is 34.9 Å². The molecule has 1 rings (SSSR count). The highest BCUT2D eigenvalue weighted by atomic mass is 16.3. The minimum atomic E-state index is -0.120. The first-order valence-electron chi connectivity index (χ1n) is 6.09. The molecule has 0 aliphatic carbocycles. The number of aromatic hydroxyl groups is 1. The fourth-order valence-corrected chi connectivity index (χ4v) is 2.56. The van der Waals surface area contributed by atoms with Gasteiger partial charge in [-0.15, -0.1) is 0 Å². The van der Waals surface area contributed by atoms with Crippen molar-refractivity contribution in [3.63, 3.8) is 0 Å². The van der Waals surface area contributed by atoms with Gasteiger partial charge in [-0.3, -0.25) is 0 Å². The van der Waals surface area contributed by atoms with E-state index in [0.29, 0.717) is 5.56 Å². The molecule has 0 radical (unpaired) electrons. The van der Waals surface area contributed by atoms with Crippen LogP contribution in [0.15, 0.2) is 18.2 Å². The van der Waals surface area contributed by atoms with Crippen molar-refractivity contribution in [3.05, 3.63) is 29.3 Å². The number of hydrogen-bond acceptors (Lipinski definition) is 2. The predicted octanol–water partition coefficient (Wildman–Crippen LogP) is 3.60. The Balaban J connectivity index is 3.06. The van der Waals surface area contributed by atoms with Crippen molar-refractivity contribution >= 4 is 0 Å². The highest BCUT2D eigenvalue weighted by molar-refractivity contribution is 5.38. The fourth-order valence-electron chi connectivity index (χ4n) is 2.56. The number of benzene rings is 1. The highest BCUT2D eigenvalue weighted by Gasteiger charge is 2.27. The number of aliphatic hydroxyl groups excluding tert-OH is 1. The number of rotatable bonds is 3. The van der Waals surface area contributed by atoms with Gasteiger partial charge in [0, 0.05) is 5.56 Å². The van der Waals surface area contributed by atoms with E-state index in [4.69, 9.17) is 0 Å². The topological polar surface area (TPSA) is 40.5 Å². The molecule has 2 nitrogen and oxygen atoms in total. The molecular weight excluding hydrogens is 212 g/mol. The van der Waals surface area contributed by atoms with Gasteiger partial charge >= 0.3 is 0 Å². The van der Waals surface area contributed by atoms with Crippen LogP contribution in [0.5, 0.6) is 5.75 Å². The largest absolute Gasteiger partial charge is 0.508 e. The molecule has 0 amide bonds. The maximum atomic E-state index is 9.57. The van der Waals surface area contributed by atoms with Crippen LogP contribution in [0.4, 0.5) is 0 Å². The van der Waals surface area contributed by atoms with Crippen LogP contribution >= 0.6 is 0 Å². The molecule has 96 valence electrons. The molecule has 2 N–H and O–H groups in total. The van der Waals surface area contributed by atoms with Crippen molar-refractivity contribution in [1.29, 1.82) is 0 Å². The third-order valence-electron chi connectivity index (χ3n) is 3.00. The first-order chi connectivity index (χ1) is 7.65. The normalized spacial score (nSPS) is 12.8. The van der Waals surface area contributed by atoms with Crippen LogP contribution < -0.4 is 0 Å². The Morgan fingerprint density at radius 2 is 1.65 bits per heavy atom. The zero-order valence-corrected chi connectivity index (χ0v) is 11.5. The molecule has 0 saturated carbocycles. The Hall–Kier alpha value is -1.02. The van der Waals surface area contributed by atoms with Crippen LogP contribution in [0.2, 0.25) is 0 Å². The van der Waals surface area contributed by atoms with Crippen molar-refractivity contribution in [1.82, 2.24) is 0 Å². The number of phenols is 1. The first kappa shape index (κ1) is 14.0. The third-order valence-corrected chi connectivity index (χ3v) is 3.00. The molecule has 0 bridgehead atoms. The lowest BCUT2D eigenvalue weighted by Crippen LogP contribution is -2.24. The average Bonchev–Trinajstić information content (AvgIpc) is 2.14. The molecule has 0 spiro atoms. The summed E-state index contributed by atoms with van der Waals surface area (Å²) < 4.78 is 0. The fraction of sp³-hybridized carbons (Fsp3) is 0.600. The third kappa shape index (κ3) is 3.74. The lowest BCUT2D eigenvalue weighted by molar-refractivity contribution is 0.272. The van der Waals surface area contributed by atoms with Gasteiger partial charge in [0.15, 0.2) is 0 Å². The van der Waals surface area contributed by atoms with Crippen molar-refractivity contribution in [2.24, 2.45) is 5.41 Å². The Morgan fingerprint density at radius 3 is 2.12 bits per heavy atom. The molecule has 17 heavy (non-hydrogen) atoms. The van der Waals surface area contributed by atoms with E-state index in [0.717, 1.165) is 12.0 Å². The summed E-state index contributed by atoms with van der Waals surface area (Å²) in [5.74, 6) is 0.169. The number of aliphatic hydroxyl groups is 1. The monoisotopic (exact) mass is 236 g/mol. The lowest BCUT2D eigenvalue weighted by atomic mass is 9.72. The Labute approximate surface area is 104 Å². The van der Waals surface area contributed by atoms with E-state index in [1.54, 1.807) is 6.07 Å². The van der Waals surface area contributed by atoms with E-state index in [2.05, 4.69) is 34.6 Å². The molecule has 0 aliphatic rings. The smallest absolute Gasteiger partial charge is 0.121 e. The summed E-state index contributed by atoms with van der Waals surface area (Å²) in [6.07, 6.45) is 1.05. The minimum absolute atomic E-state index is 0.0376.